The van der Waals surface area contributed by atoms with Gasteiger partial charge in [-0.25, -0.2) is 0 Å². The molecule has 2 aromatic rings. The molecule has 0 aromatic heterocycles. The molecule has 2 N–H and O–H groups in total. The third-order valence-corrected chi connectivity index (χ3v) is 3.05. The number of aryl methyl sites for hydroxylation is 1. The van der Waals surface area contributed by atoms with Gasteiger partial charge >= 0.3 is 0 Å². The molecule has 2 aromatic carbocycles. The summed E-state index contributed by atoms with van der Waals surface area (Å²) < 4.78 is 10.3. The van der Waals surface area contributed by atoms with Crippen LogP contribution in [0.1, 0.15) is 15.9 Å². The molecule has 0 bridgehead atoms. The molecule has 2 rings (SSSR count). The van der Waals surface area contributed by atoms with Gasteiger partial charge in [0.05, 0.1) is 19.9 Å². The lowest BCUT2D eigenvalue weighted by Gasteiger charge is -2.13. The molecule has 5 heteroatoms. The van der Waals surface area contributed by atoms with Crippen molar-refractivity contribution in [3.63, 3.8) is 0 Å². The fourth-order valence-electron chi connectivity index (χ4n) is 2.02. The maximum absolute atomic E-state index is 12.4. The number of carbonyl (C=O) groups is 1. The van der Waals surface area contributed by atoms with E-state index in [4.69, 9.17) is 9.47 Å². The van der Waals surface area contributed by atoms with Crippen molar-refractivity contribution in [3.05, 3.63) is 47.5 Å². The summed E-state index contributed by atoms with van der Waals surface area (Å²) in [6, 6.07) is 10.1. The minimum Gasteiger partial charge on any atom is -0.507 e. The predicted octanol–water partition coefficient (Wildman–Crippen LogP) is 2.97. The zero-order valence-corrected chi connectivity index (χ0v) is 12.1. The van der Waals surface area contributed by atoms with Crippen molar-refractivity contribution < 1.29 is 19.4 Å². The number of aromatic hydroxyl groups is 1. The Morgan fingerprint density at radius 2 is 1.81 bits per heavy atom. The highest BCUT2D eigenvalue weighted by molar-refractivity contribution is 6.08. The Balaban J connectivity index is 2.37. The molecule has 0 atom stereocenters. The average Bonchev–Trinajstić information content (AvgIpc) is 2.47. The fourth-order valence-corrected chi connectivity index (χ4v) is 2.02. The van der Waals surface area contributed by atoms with E-state index < -0.39 is 5.91 Å². The number of hydrogen-bond acceptors (Lipinski definition) is 4. The number of methoxy groups -OCH3 is 2. The van der Waals surface area contributed by atoms with Crippen LogP contribution in [0.25, 0.3) is 0 Å². The van der Waals surface area contributed by atoms with Gasteiger partial charge in [-0.15, -0.1) is 0 Å². The minimum absolute atomic E-state index is 0.0866. The number of phenolic OH excluding ortho intramolecular Hbond substituents is 1. The van der Waals surface area contributed by atoms with E-state index in [0.717, 1.165) is 5.56 Å². The average molecular weight is 287 g/mol. The zero-order chi connectivity index (χ0) is 15.4. The molecular formula is C16H17NO4. The summed E-state index contributed by atoms with van der Waals surface area (Å²) in [5.74, 6) is 0.245. The molecule has 110 valence electrons. The second-order valence-corrected chi connectivity index (χ2v) is 4.51. The Hall–Kier alpha value is -2.69. The van der Waals surface area contributed by atoms with E-state index >= 15 is 0 Å². The van der Waals surface area contributed by atoms with E-state index in [9.17, 15) is 9.90 Å². The Bertz CT molecular complexity index is 667. The van der Waals surface area contributed by atoms with Crippen molar-refractivity contribution in [1.29, 1.82) is 0 Å². The van der Waals surface area contributed by atoms with Gasteiger partial charge in [0, 0.05) is 0 Å². The molecule has 5 nitrogen and oxygen atoms in total. The summed E-state index contributed by atoms with van der Waals surface area (Å²) in [6.07, 6.45) is 0. The molecule has 0 spiro atoms. The summed E-state index contributed by atoms with van der Waals surface area (Å²) in [4.78, 5) is 12.4. The molecule has 1 amide bonds. The van der Waals surface area contributed by atoms with E-state index in [1.807, 2.05) is 13.0 Å². The number of carbonyl (C=O) groups excluding carboxylic acids is 1. The summed E-state index contributed by atoms with van der Waals surface area (Å²) >= 11 is 0. The van der Waals surface area contributed by atoms with Crippen LogP contribution in [0.15, 0.2) is 36.4 Å². The first-order valence-corrected chi connectivity index (χ1v) is 6.38. The van der Waals surface area contributed by atoms with Crippen molar-refractivity contribution >= 4 is 11.6 Å². The summed E-state index contributed by atoms with van der Waals surface area (Å²) in [6.45, 7) is 1.91. The lowest BCUT2D eigenvalue weighted by atomic mass is 10.1. The third-order valence-electron chi connectivity index (χ3n) is 3.05. The molecule has 0 saturated carbocycles. The molecule has 0 unspecified atom stereocenters. The molecule has 0 saturated heterocycles. The number of rotatable bonds is 4. The number of nitrogens with one attached hydrogen (secondary N) is 1. The molecule has 0 aliphatic heterocycles. The normalized spacial score (nSPS) is 10.0. The van der Waals surface area contributed by atoms with Gasteiger partial charge in [0.25, 0.3) is 5.91 Å². The lowest BCUT2D eigenvalue weighted by molar-refractivity contribution is 0.102. The number of benzene rings is 2. The monoisotopic (exact) mass is 287 g/mol. The highest BCUT2D eigenvalue weighted by atomic mass is 16.5. The van der Waals surface area contributed by atoms with Crippen LogP contribution in [-0.4, -0.2) is 25.2 Å². The van der Waals surface area contributed by atoms with Crippen molar-refractivity contribution in [2.45, 2.75) is 6.92 Å². The summed E-state index contributed by atoms with van der Waals surface area (Å²) in [5, 5.41) is 12.6. The number of hydrogen-bond donors (Lipinski definition) is 2. The molecule has 0 aliphatic carbocycles. The molecule has 21 heavy (non-hydrogen) atoms. The quantitative estimate of drug-likeness (QED) is 0.907. The highest BCUT2D eigenvalue weighted by Crippen LogP contribution is 2.30. The minimum atomic E-state index is -0.464. The van der Waals surface area contributed by atoms with Crippen LogP contribution < -0.4 is 14.8 Å². The molecule has 0 radical (unpaired) electrons. The van der Waals surface area contributed by atoms with Gasteiger partial charge in [-0.05, 0) is 36.8 Å². The largest absolute Gasteiger partial charge is 0.507 e. The molecular weight excluding hydrogens is 270 g/mol. The van der Waals surface area contributed by atoms with Crippen molar-refractivity contribution in [1.82, 2.24) is 0 Å². The van der Waals surface area contributed by atoms with Crippen molar-refractivity contribution in [2.75, 3.05) is 19.5 Å². The van der Waals surface area contributed by atoms with Crippen LogP contribution in [-0.2, 0) is 0 Å². The number of amides is 1. The fraction of sp³-hybridized carbons (Fsp3) is 0.188. The van der Waals surface area contributed by atoms with E-state index in [1.54, 1.807) is 24.3 Å². The van der Waals surface area contributed by atoms with Crippen LogP contribution in [0.2, 0.25) is 0 Å². The second kappa shape index (κ2) is 6.17. The van der Waals surface area contributed by atoms with Crippen molar-refractivity contribution in [2.24, 2.45) is 0 Å². The Morgan fingerprint density at radius 1 is 1.10 bits per heavy atom. The first-order valence-electron chi connectivity index (χ1n) is 6.38. The number of anilines is 1. The smallest absolute Gasteiger partial charge is 0.263 e. The van der Waals surface area contributed by atoms with E-state index in [0.29, 0.717) is 17.2 Å². The van der Waals surface area contributed by atoms with Gasteiger partial charge in [0.2, 0.25) is 0 Å². The third kappa shape index (κ3) is 3.08. The summed E-state index contributed by atoms with van der Waals surface area (Å²) in [7, 11) is 2.97. The van der Waals surface area contributed by atoms with Gasteiger partial charge < -0.3 is 19.9 Å². The van der Waals surface area contributed by atoms with Gasteiger partial charge in [-0.3, -0.25) is 4.79 Å². The van der Waals surface area contributed by atoms with E-state index in [-0.39, 0.29) is 11.3 Å². The van der Waals surface area contributed by atoms with Gasteiger partial charge in [0.15, 0.2) is 0 Å². The second-order valence-electron chi connectivity index (χ2n) is 4.51. The van der Waals surface area contributed by atoms with Crippen LogP contribution >= 0.6 is 0 Å². The standard InChI is InChI=1S/C16H17NO4/c1-10-7-8-13(20-2)11(9-10)17-16(19)15-12(18)5-4-6-14(15)21-3/h4-9,18H,1-3H3,(H,17,19). The summed E-state index contributed by atoms with van der Waals surface area (Å²) in [5.41, 5.74) is 1.60. The van der Waals surface area contributed by atoms with Crippen LogP contribution in [0.3, 0.4) is 0 Å². The van der Waals surface area contributed by atoms with Crippen LogP contribution in [0, 0.1) is 6.92 Å². The number of phenols is 1. The lowest BCUT2D eigenvalue weighted by Crippen LogP contribution is -2.14. The first kappa shape index (κ1) is 14.7. The Kier molecular flexibility index (Phi) is 4.33. The van der Waals surface area contributed by atoms with Crippen LogP contribution in [0.5, 0.6) is 17.2 Å². The Labute approximate surface area is 123 Å². The maximum atomic E-state index is 12.4. The van der Waals surface area contributed by atoms with Gasteiger partial charge in [0.1, 0.15) is 22.8 Å². The SMILES string of the molecule is COc1ccc(C)cc1NC(=O)c1c(O)cccc1OC. The Morgan fingerprint density at radius 3 is 2.48 bits per heavy atom. The maximum Gasteiger partial charge on any atom is 0.263 e. The zero-order valence-electron chi connectivity index (χ0n) is 12.1. The van der Waals surface area contributed by atoms with Gasteiger partial charge in [-0.1, -0.05) is 12.1 Å². The molecule has 0 aliphatic rings. The molecule has 0 heterocycles. The van der Waals surface area contributed by atoms with Crippen molar-refractivity contribution in [3.8, 4) is 17.2 Å². The van der Waals surface area contributed by atoms with E-state index in [1.165, 1.54) is 20.3 Å². The topological polar surface area (TPSA) is 67.8 Å². The van der Waals surface area contributed by atoms with Crippen LogP contribution in [0.4, 0.5) is 5.69 Å². The first-order chi connectivity index (χ1) is 10.1. The highest BCUT2D eigenvalue weighted by Gasteiger charge is 2.18. The predicted molar refractivity (Wildman–Crippen MR) is 80.3 cm³/mol. The van der Waals surface area contributed by atoms with E-state index in [2.05, 4.69) is 5.32 Å². The number of ether oxygens (including phenoxy) is 2. The van der Waals surface area contributed by atoms with Gasteiger partial charge in [-0.2, -0.15) is 0 Å². The molecule has 0 fully saturated rings.